The fraction of sp³-hybridized carbons (Fsp3) is 0.450. The lowest BCUT2D eigenvalue weighted by atomic mass is 9.97. The van der Waals surface area contributed by atoms with Gasteiger partial charge in [-0.1, -0.05) is 11.3 Å². The number of phenolic OH excluding ortho intramolecular Hbond substituents is 1. The molecular formula is C20H22F2N6OS. The molecule has 0 radical (unpaired) electrons. The van der Waals surface area contributed by atoms with Gasteiger partial charge in [-0.2, -0.15) is 5.10 Å². The Labute approximate surface area is 176 Å². The number of piperidine rings is 1. The van der Waals surface area contributed by atoms with Crippen molar-refractivity contribution in [3.05, 3.63) is 30.3 Å². The monoisotopic (exact) mass is 432 g/mol. The van der Waals surface area contributed by atoms with Crippen LogP contribution < -0.4 is 10.2 Å². The first-order valence-electron chi connectivity index (χ1n) is 9.89. The smallest absolute Gasteiger partial charge is 0.208 e. The molecule has 158 valence electrons. The van der Waals surface area contributed by atoms with E-state index in [-0.39, 0.29) is 29.0 Å². The number of anilines is 1. The zero-order valence-electron chi connectivity index (χ0n) is 16.6. The Bertz CT molecular complexity index is 1090. The van der Waals surface area contributed by atoms with Gasteiger partial charge in [0.25, 0.3) is 0 Å². The van der Waals surface area contributed by atoms with Crippen LogP contribution in [-0.2, 0) is 7.05 Å². The van der Waals surface area contributed by atoms with Crippen molar-refractivity contribution in [2.75, 3.05) is 11.9 Å². The van der Waals surface area contributed by atoms with E-state index in [1.54, 1.807) is 17.9 Å². The standard InChI is InChI=1S/C20H22F2N6OS/c1-27-9-10(8-23-27)12-7-17(29)13(6-14(12)21)19-25-26-20(30-19)28(2)16-5-11-3-4-15(24-11)18(16)22/h6-9,11,15-16,18,24,29H,3-5H2,1-2H3/t11?,15?,16-,18+/m1/s1. The van der Waals surface area contributed by atoms with Gasteiger partial charge in [0.15, 0.2) is 5.01 Å². The van der Waals surface area contributed by atoms with Crippen molar-refractivity contribution < 1.29 is 13.9 Å². The van der Waals surface area contributed by atoms with Crippen LogP contribution in [0.3, 0.4) is 0 Å². The summed E-state index contributed by atoms with van der Waals surface area (Å²) in [6, 6.07) is 2.57. The second kappa shape index (κ2) is 7.28. The molecule has 2 aromatic heterocycles. The Morgan fingerprint density at radius 2 is 2.10 bits per heavy atom. The molecule has 2 unspecified atom stereocenters. The van der Waals surface area contributed by atoms with Crippen molar-refractivity contribution in [1.29, 1.82) is 0 Å². The summed E-state index contributed by atoms with van der Waals surface area (Å²) in [6.07, 6.45) is 4.79. The number of nitrogens with zero attached hydrogens (tertiary/aromatic N) is 5. The number of fused-ring (bicyclic) bond motifs is 2. The number of benzene rings is 1. The number of phenols is 1. The molecule has 2 aliphatic rings. The Balaban J connectivity index is 1.42. The minimum Gasteiger partial charge on any atom is -0.507 e. The van der Waals surface area contributed by atoms with Crippen LogP contribution in [0.2, 0.25) is 0 Å². The average Bonchev–Trinajstić information content (AvgIpc) is 3.46. The SMILES string of the molecule is CN(c1nnc(-c2cc(F)c(-c3cnn(C)c3)cc2O)s1)[C@@H]1CC2CCC(N2)[C@@H]1F. The van der Waals surface area contributed by atoms with Crippen molar-refractivity contribution >= 4 is 16.5 Å². The van der Waals surface area contributed by atoms with E-state index in [9.17, 15) is 13.9 Å². The van der Waals surface area contributed by atoms with E-state index in [1.165, 1.54) is 29.7 Å². The van der Waals surface area contributed by atoms with E-state index < -0.39 is 12.0 Å². The molecule has 1 aromatic carbocycles. The van der Waals surface area contributed by atoms with Crippen molar-refractivity contribution in [3.63, 3.8) is 0 Å². The van der Waals surface area contributed by atoms with E-state index in [4.69, 9.17) is 0 Å². The van der Waals surface area contributed by atoms with Crippen molar-refractivity contribution in [2.45, 2.75) is 43.6 Å². The molecule has 2 saturated heterocycles. The number of nitrogens with one attached hydrogen (secondary N) is 1. The van der Waals surface area contributed by atoms with Crippen molar-refractivity contribution in [1.82, 2.24) is 25.3 Å². The molecule has 30 heavy (non-hydrogen) atoms. The summed E-state index contributed by atoms with van der Waals surface area (Å²) in [5.74, 6) is -0.580. The molecule has 0 aliphatic carbocycles. The maximum Gasteiger partial charge on any atom is 0.208 e. The maximum absolute atomic E-state index is 14.9. The van der Waals surface area contributed by atoms with Crippen LogP contribution in [0.1, 0.15) is 19.3 Å². The van der Waals surface area contributed by atoms with E-state index in [0.717, 1.165) is 12.8 Å². The summed E-state index contributed by atoms with van der Waals surface area (Å²) in [5, 5.41) is 27.1. The van der Waals surface area contributed by atoms with Crippen LogP contribution in [0.15, 0.2) is 24.5 Å². The van der Waals surface area contributed by atoms with Gasteiger partial charge in [-0.25, -0.2) is 8.78 Å². The highest BCUT2D eigenvalue weighted by molar-refractivity contribution is 7.18. The highest BCUT2D eigenvalue weighted by atomic mass is 32.1. The molecule has 4 heterocycles. The Morgan fingerprint density at radius 1 is 1.27 bits per heavy atom. The van der Waals surface area contributed by atoms with E-state index >= 15 is 0 Å². The number of halogens is 2. The van der Waals surface area contributed by atoms with E-state index in [0.29, 0.717) is 28.2 Å². The zero-order valence-corrected chi connectivity index (χ0v) is 17.4. The molecule has 0 amide bonds. The Morgan fingerprint density at radius 3 is 2.87 bits per heavy atom. The molecule has 10 heteroatoms. The third-order valence-electron chi connectivity index (χ3n) is 6.10. The molecule has 4 atom stereocenters. The second-order valence-corrected chi connectivity index (χ2v) is 9.00. The van der Waals surface area contributed by atoms with Gasteiger partial charge < -0.3 is 15.3 Å². The average molecular weight is 433 g/mol. The number of aromatic hydroxyl groups is 1. The molecular weight excluding hydrogens is 410 g/mol. The summed E-state index contributed by atoms with van der Waals surface area (Å²) < 4.78 is 31.2. The van der Waals surface area contributed by atoms with Gasteiger partial charge in [-0.05, 0) is 31.4 Å². The summed E-state index contributed by atoms with van der Waals surface area (Å²) in [7, 11) is 3.56. The van der Waals surface area contributed by atoms with Crippen LogP contribution in [0.25, 0.3) is 21.7 Å². The predicted octanol–water partition coefficient (Wildman–Crippen LogP) is 3.12. The fourth-order valence-electron chi connectivity index (χ4n) is 4.47. The number of alkyl halides is 1. The molecule has 3 aromatic rings. The van der Waals surface area contributed by atoms with Crippen LogP contribution in [-0.4, -0.2) is 56.4 Å². The molecule has 2 N–H and O–H groups in total. The summed E-state index contributed by atoms with van der Waals surface area (Å²) in [6.45, 7) is 0. The number of aromatic nitrogens is 4. The minimum absolute atomic E-state index is 0.0936. The fourth-order valence-corrected chi connectivity index (χ4v) is 5.36. The number of aryl methyl sites for hydroxylation is 1. The number of hydrogen-bond donors (Lipinski definition) is 2. The van der Waals surface area contributed by atoms with E-state index in [2.05, 4.69) is 20.6 Å². The summed E-state index contributed by atoms with van der Waals surface area (Å²) >= 11 is 1.21. The first-order chi connectivity index (χ1) is 14.4. The topological polar surface area (TPSA) is 79.1 Å². The third-order valence-corrected chi connectivity index (χ3v) is 7.15. The van der Waals surface area contributed by atoms with Gasteiger partial charge in [-0.3, -0.25) is 4.68 Å². The van der Waals surface area contributed by atoms with Crippen LogP contribution >= 0.6 is 11.3 Å². The maximum atomic E-state index is 14.9. The Hall–Kier alpha value is -2.59. The first-order valence-corrected chi connectivity index (χ1v) is 10.7. The highest BCUT2D eigenvalue weighted by Crippen LogP contribution is 2.40. The predicted molar refractivity (Wildman–Crippen MR) is 111 cm³/mol. The molecule has 0 saturated carbocycles. The molecule has 5 rings (SSSR count). The highest BCUT2D eigenvalue weighted by Gasteiger charge is 2.44. The number of rotatable bonds is 4. The largest absolute Gasteiger partial charge is 0.507 e. The van der Waals surface area contributed by atoms with Crippen LogP contribution in [0.5, 0.6) is 5.75 Å². The Kier molecular flexibility index (Phi) is 4.70. The lowest BCUT2D eigenvalue weighted by Gasteiger charge is -2.38. The van der Waals surface area contributed by atoms with Gasteiger partial charge >= 0.3 is 0 Å². The van der Waals surface area contributed by atoms with Crippen LogP contribution in [0.4, 0.5) is 13.9 Å². The van der Waals surface area contributed by atoms with Gasteiger partial charge in [-0.15, -0.1) is 10.2 Å². The first kappa shape index (κ1) is 19.4. The van der Waals surface area contributed by atoms with E-state index in [1.807, 2.05) is 11.9 Å². The van der Waals surface area contributed by atoms with Crippen molar-refractivity contribution in [2.24, 2.45) is 7.05 Å². The van der Waals surface area contributed by atoms with Gasteiger partial charge in [0.05, 0.1) is 17.8 Å². The molecule has 7 nitrogen and oxygen atoms in total. The van der Waals surface area contributed by atoms with Crippen LogP contribution in [0, 0.1) is 5.82 Å². The number of hydrogen-bond acceptors (Lipinski definition) is 7. The normalized spacial score (nSPS) is 25.6. The quantitative estimate of drug-likeness (QED) is 0.660. The lowest BCUT2D eigenvalue weighted by molar-refractivity contribution is 0.176. The lowest BCUT2D eigenvalue weighted by Crippen LogP contribution is -2.55. The van der Waals surface area contributed by atoms with Gasteiger partial charge in [0.2, 0.25) is 5.13 Å². The molecule has 2 fully saturated rings. The molecule has 0 spiro atoms. The third kappa shape index (κ3) is 3.24. The van der Waals surface area contributed by atoms with Gasteiger partial charge in [0, 0.05) is 43.5 Å². The van der Waals surface area contributed by atoms with Crippen molar-refractivity contribution in [3.8, 4) is 27.4 Å². The molecule has 2 aliphatic heterocycles. The molecule has 2 bridgehead atoms. The summed E-state index contributed by atoms with van der Waals surface area (Å²) in [5.41, 5.74) is 1.10. The van der Waals surface area contributed by atoms with Gasteiger partial charge in [0.1, 0.15) is 17.7 Å². The minimum atomic E-state index is -0.981. The zero-order chi connectivity index (χ0) is 21.0. The second-order valence-electron chi connectivity index (χ2n) is 8.05. The summed E-state index contributed by atoms with van der Waals surface area (Å²) in [4.78, 5) is 1.83.